The molecule has 0 bridgehead atoms. The van der Waals surface area contributed by atoms with Crippen molar-refractivity contribution in [2.45, 2.75) is 26.8 Å². The summed E-state index contributed by atoms with van der Waals surface area (Å²) >= 11 is 5.25. The average Bonchev–Trinajstić information content (AvgIpc) is 2.79. The van der Waals surface area contributed by atoms with Crippen LogP contribution in [0.15, 0.2) is 34.9 Å². The van der Waals surface area contributed by atoms with Gasteiger partial charge in [0.05, 0.1) is 5.01 Å². The third kappa shape index (κ3) is 5.05. The van der Waals surface area contributed by atoms with Gasteiger partial charge in [0.15, 0.2) is 0 Å². The van der Waals surface area contributed by atoms with E-state index in [0.29, 0.717) is 5.92 Å². The van der Waals surface area contributed by atoms with Gasteiger partial charge < -0.3 is 5.32 Å². The molecule has 2 aromatic rings. The summed E-state index contributed by atoms with van der Waals surface area (Å²) in [7, 11) is 0. The number of halogens is 1. The Morgan fingerprint density at radius 2 is 2.00 bits per heavy atom. The fraction of sp³-hybridized carbons (Fsp3) is 0.400. The first-order chi connectivity index (χ1) is 9.13. The summed E-state index contributed by atoms with van der Waals surface area (Å²) < 4.78 is 1.12. The van der Waals surface area contributed by atoms with Crippen LogP contribution in [0.25, 0.3) is 0 Å². The van der Waals surface area contributed by atoms with Crippen molar-refractivity contribution >= 4 is 27.3 Å². The smallest absolute Gasteiger partial charge is 0.0971 e. The number of aromatic nitrogens is 1. The highest BCUT2D eigenvalue weighted by atomic mass is 79.9. The monoisotopic (exact) mass is 338 g/mol. The fourth-order valence-corrected chi connectivity index (χ4v) is 2.96. The van der Waals surface area contributed by atoms with Crippen LogP contribution in [0.2, 0.25) is 0 Å². The Morgan fingerprint density at radius 1 is 1.26 bits per heavy atom. The summed E-state index contributed by atoms with van der Waals surface area (Å²) in [6.45, 7) is 6.42. The van der Waals surface area contributed by atoms with Gasteiger partial charge in [-0.05, 0) is 30.2 Å². The van der Waals surface area contributed by atoms with Gasteiger partial charge in [-0.3, -0.25) is 0 Å². The first kappa shape index (κ1) is 14.7. The Labute approximate surface area is 127 Å². The normalized spacial score (nSPS) is 11.2. The molecular formula is C15H19BrN2S. The lowest BCUT2D eigenvalue weighted by Crippen LogP contribution is -2.18. The summed E-state index contributed by atoms with van der Waals surface area (Å²) in [5, 5.41) is 4.63. The Balaban J connectivity index is 1.88. The molecule has 0 aliphatic rings. The lowest BCUT2D eigenvalue weighted by molar-refractivity contribution is 0.554. The van der Waals surface area contributed by atoms with Gasteiger partial charge in [-0.15, -0.1) is 11.3 Å². The van der Waals surface area contributed by atoms with Crippen molar-refractivity contribution in [2.75, 3.05) is 6.54 Å². The number of nitrogens with one attached hydrogen (secondary N) is 1. The Hall–Kier alpha value is -0.710. The molecule has 4 heteroatoms. The maximum absolute atomic E-state index is 4.50. The second kappa shape index (κ2) is 7.17. The number of hydrogen-bond donors (Lipinski definition) is 1. The van der Waals surface area contributed by atoms with E-state index < -0.39 is 0 Å². The second-order valence-corrected chi connectivity index (χ2v) is 7.16. The van der Waals surface area contributed by atoms with E-state index in [1.54, 1.807) is 11.3 Å². The van der Waals surface area contributed by atoms with Crippen LogP contribution in [0.1, 0.15) is 29.3 Å². The van der Waals surface area contributed by atoms with Crippen LogP contribution in [-0.2, 0) is 13.0 Å². The molecule has 0 saturated heterocycles. The molecule has 2 nitrogen and oxygen atoms in total. The largest absolute Gasteiger partial charge is 0.312 e. The van der Waals surface area contributed by atoms with Crippen LogP contribution in [0.5, 0.6) is 0 Å². The maximum atomic E-state index is 4.50. The minimum absolute atomic E-state index is 0.690. The van der Waals surface area contributed by atoms with Crippen molar-refractivity contribution in [3.63, 3.8) is 0 Å². The quantitative estimate of drug-likeness (QED) is 0.851. The minimum Gasteiger partial charge on any atom is -0.312 e. The molecule has 0 amide bonds. The van der Waals surface area contributed by atoms with E-state index >= 15 is 0 Å². The molecule has 0 spiro atoms. The van der Waals surface area contributed by atoms with Crippen molar-refractivity contribution in [3.05, 3.63) is 50.4 Å². The lowest BCUT2D eigenvalue weighted by Gasteiger charge is -2.04. The highest BCUT2D eigenvalue weighted by molar-refractivity contribution is 9.10. The molecule has 0 unspecified atom stereocenters. The van der Waals surface area contributed by atoms with E-state index in [9.17, 15) is 0 Å². The third-order valence-corrected chi connectivity index (χ3v) is 4.25. The first-order valence-electron chi connectivity index (χ1n) is 6.52. The lowest BCUT2D eigenvalue weighted by atomic mass is 10.2. The molecule has 0 aliphatic carbocycles. The van der Waals surface area contributed by atoms with Crippen LogP contribution in [0.4, 0.5) is 0 Å². The molecule has 0 aliphatic heterocycles. The van der Waals surface area contributed by atoms with Gasteiger partial charge in [-0.25, -0.2) is 4.98 Å². The van der Waals surface area contributed by atoms with Crippen LogP contribution in [0.3, 0.4) is 0 Å². The molecular weight excluding hydrogens is 320 g/mol. The molecule has 102 valence electrons. The molecule has 0 atom stereocenters. The molecule has 0 fully saturated rings. The van der Waals surface area contributed by atoms with Crippen LogP contribution in [-0.4, -0.2) is 11.5 Å². The predicted octanol–water partition coefficient (Wildman–Crippen LogP) is 4.24. The summed E-state index contributed by atoms with van der Waals surface area (Å²) in [6, 6.07) is 8.44. The van der Waals surface area contributed by atoms with Crippen LogP contribution in [0, 0.1) is 5.92 Å². The molecule has 1 heterocycles. The summed E-state index contributed by atoms with van der Waals surface area (Å²) in [5.41, 5.74) is 1.30. The van der Waals surface area contributed by atoms with E-state index in [-0.39, 0.29) is 0 Å². The van der Waals surface area contributed by atoms with E-state index in [2.05, 4.69) is 64.3 Å². The van der Waals surface area contributed by atoms with Gasteiger partial charge in [-0.2, -0.15) is 0 Å². The van der Waals surface area contributed by atoms with Crippen LogP contribution >= 0.6 is 27.3 Å². The molecule has 1 aromatic carbocycles. The van der Waals surface area contributed by atoms with Crippen LogP contribution < -0.4 is 5.32 Å². The molecule has 19 heavy (non-hydrogen) atoms. The Morgan fingerprint density at radius 3 is 2.68 bits per heavy atom. The number of rotatable bonds is 6. The zero-order valence-electron chi connectivity index (χ0n) is 11.3. The predicted molar refractivity (Wildman–Crippen MR) is 85.6 cm³/mol. The summed E-state index contributed by atoms with van der Waals surface area (Å²) in [4.78, 5) is 5.81. The highest BCUT2D eigenvalue weighted by Gasteiger charge is 2.03. The zero-order chi connectivity index (χ0) is 13.7. The molecule has 0 saturated carbocycles. The fourth-order valence-electron chi connectivity index (χ4n) is 1.77. The van der Waals surface area contributed by atoms with E-state index in [4.69, 9.17) is 0 Å². The topological polar surface area (TPSA) is 24.9 Å². The SMILES string of the molecule is CC(C)CNCc1cnc(Cc2ccc(Br)cc2)s1. The standard InChI is InChI=1S/C15H19BrN2S/c1-11(2)8-17-9-14-10-18-15(19-14)7-12-3-5-13(16)6-4-12/h3-6,10-11,17H,7-9H2,1-2H3. The number of hydrogen-bond acceptors (Lipinski definition) is 3. The van der Waals surface area contributed by atoms with Crippen molar-refractivity contribution in [1.29, 1.82) is 0 Å². The highest BCUT2D eigenvalue weighted by Crippen LogP contribution is 2.18. The summed E-state index contributed by atoms with van der Waals surface area (Å²) in [5.74, 6) is 0.690. The number of thiazole rings is 1. The third-order valence-electron chi connectivity index (χ3n) is 2.72. The Bertz CT molecular complexity index is 505. The van der Waals surface area contributed by atoms with Gasteiger partial charge in [0.25, 0.3) is 0 Å². The molecule has 0 radical (unpaired) electrons. The van der Waals surface area contributed by atoms with Gasteiger partial charge >= 0.3 is 0 Å². The van der Waals surface area contributed by atoms with Crippen molar-refractivity contribution in [1.82, 2.24) is 10.3 Å². The first-order valence-corrected chi connectivity index (χ1v) is 8.13. The van der Waals surface area contributed by atoms with E-state index in [1.807, 2.05) is 6.20 Å². The minimum atomic E-state index is 0.690. The van der Waals surface area contributed by atoms with Gasteiger partial charge in [0.1, 0.15) is 0 Å². The number of nitrogens with zero attached hydrogens (tertiary/aromatic N) is 1. The van der Waals surface area contributed by atoms with Crippen molar-refractivity contribution in [2.24, 2.45) is 5.92 Å². The van der Waals surface area contributed by atoms with Gasteiger partial charge in [0, 0.05) is 28.5 Å². The summed E-state index contributed by atoms with van der Waals surface area (Å²) in [6.07, 6.45) is 2.91. The number of benzene rings is 1. The van der Waals surface area contributed by atoms with E-state index in [1.165, 1.54) is 15.4 Å². The molecule has 1 N–H and O–H groups in total. The van der Waals surface area contributed by atoms with E-state index in [0.717, 1.165) is 24.0 Å². The van der Waals surface area contributed by atoms with Gasteiger partial charge in [0.2, 0.25) is 0 Å². The maximum Gasteiger partial charge on any atom is 0.0971 e. The molecule has 1 aromatic heterocycles. The van der Waals surface area contributed by atoms with Crippen molar-refractivity contribution in [3.8, 4) is 0 Å². The van der Waals surface area contributed by atoms with Crippen molar-refractivity contribution < 1.29 is 0 Å². The zero-order valence-corrected chi connectivity index (χ0v) is 13.7. The average molecular weight is 339 g/mol. The second-order valence-electron chi connectivity index (χ2n) is 5.05. The van der Waals surface area contributed by atoms with Gasteiger partial charge in [-0.1, -0.05) is 41.9 Å². The molecule has 2 rings (SSSR count). The Kier molecular flexibility index (Phi) is 5.55.